The van der Waals surface area contributed by atoms with Crippen LogP contribution in [0, 0.1) is 5.82 Å². The fourth-order valence-corrected chi connectivity index (χ4v) is 2.22. The first-order valence-corrected chi connectivity index (χ1v) is 8.63. The van der Waals surface area contributed by atoms with E-state index in [4.69, 9.17) is 9.15 Å². The van der Waals surface area contributed by atoms with Crippen LogP contribution in [-0.2, 0) is 18.5 Å². The molecule has 26 heavy (non-hydrogen) atoms. The Morgan fingerprint density at radius 1 is 1.31 bits per heavy atom. The third-order valence-electron chi connectivity index (χ3n) is 3.68. The van der Waals surface area contributed by atoms with Gasteiger partial charge in [-0.25, -0.2) is 14.4 Å². The predicted molar refractivity (Wildman–Crippen MR) is 99.8 cm³/mol. The van der Waals surface area contributed by atoms with Crippen molar-refractivity contribution >= 4 is 5.96 Å². The number of rotatable bonds is 6. The summed E-state index contributed by atoms with van der Waals surface area (Å²) in [5.74, 6) is 1.87. The standard InChI is InChI=1S/C19H27FN4O2/c1-6-21-18(23-10-13-7-8-15(25-5)14(20)9-13)24-12-17-22-11-16(26-17)19(2,3)4/h7-9,11H,6,10,12H2,1-5H3,(H2,21,23,24). The number of methoxy groups -OCH3 is 1. The molecule has 0 radical (unpaired) electrons. The summed E-state index contributed by atoms with van der Waals surface area (Å²) in [5, 5.41) is 6.32. The zero-order valence-electron chi connectivity index (χ0n) is 16.0. The van der Waals surface area contributed by atoms with E-state index in [1.165, 1.54) is 13.2 Å². The summed E-state index contributed by atoms with van der Waals surface area (Å²) in [4.78, 5) is 8.76. The summed E-state index contributed by atoms with van der Waals surface area (Å²) in [6.45, 7) is 9.67. The maximum atomic E-state index is 13.8. The quantitative estimate of drug-likeness (QED) is 0.609. The molecule has 0 aliphatic heterocycles. The van der Waals surface area contributed by atoms with E-state index in [2.05, 4.69) is 41.4 Å². The number of oxazole rings is 1. The van der Waals surface area contributed by atoms with Crippen molar-refractivity contribution in [3.8, 4) is 5.75 Å². The van der Waals surface area contributed by atoms with Crippen molar-refractivity contribution in [2.24, 2.45) is 4.99 Å². The van der Waals surface area contributed by atoms with E-state index in [-0.39, 0.29) is 11.2 Å². The summed E-state index contributed by atoms with van der Waals surface area (Å²) >= 11 is 0. The number of nitrogens with zero attached hydrogens (tertiary/aromatic N) is 2. The molecule has 7 heteroatoms. The van der Waals surface area contributed by atoms with Crippen LogP contribution in [-0.4, -0.2) is 24.6 Å². The van der Waals surface area contributed by atoms with E-state index < -0.39 is 5.82 Å². The van der Waals surface area contributed by atoms with Crippen molar-refractivity contribution in [2.75, 3.05) is 13.7 Å². The number of ether oxygens (including phenoxy) is 1. The van der Waals surface area contributed by atoms with Gasteiger partial charge in [0.25, 0.3) is 0 Å². The van der Waals surface area contributed by atoms with Crippen LogP contribution < -0.4 is 15.4 Å². The van der Waals surface area contributed by atoms with Crippen molar-refractivity contribution < 1.29 is 13.5 Å². The van der Waals surface area contributed by atoms with Gasteiger partial charge >= 0.3 is 0 Å². The molecule has 0 atom stereocenters. The van der Waals surface area contributed by atoms with E-state index in [1.807, 2.05) is 6.92 Å². The lowest BCUT2D eigenvalue weighted by molar-refractivity contribution is 0.379. The summed E-state index contributed by atoms with van der Waals surface area (Å²) < 4.78 is 24.5. The van der Waals surface area contributed by atoms with E-state index in [0.717, 1.165) is 11.3 Å². The SMILES string of the molecule is CCNC(=NCc1ccc(OC)c(F)c1)NCc1ncc(C(C)(C)C)o1. The van der Waals surface area contributed by atoms with Gasteiger partial charge in [-0.3, -0.25) is 0 Å². The van der Waals surface area contributed by atoms with Gasteiger partial charge in [-0.1, -0.05) is 26.8 Å². The van der Waals surface area contributed by atoms with E-state index in [1.54, 1.807) is 18.3 Å². The molecular weight excluding hydrogens is 335 g/mol. The van der Waals surface area contributed by atoms with Gasteiger partial charge in [-0.15, -0.1) is 0 Å². The van der Waals surface area contributed by atoms with Gasteiger partial charge in [0.1, 0.15) is 5.76 Å². The first-order chi connectivity index (χ1) is 12.3. The molecule has 2 rings (SSSR count). The molecule has 2 N–H and O–H groups in total. The van der Waals surface area contributed by atoms with Crippen LogP contribution in [0.5, 0.6) is 5.75 Å². The van der Waals surface area contributed by atoms with Crippen molar-refractivity contribution in [1.82, 2.24) is 15.6 Å². The Bertz CT molecular complexity index is 750. The van der Waals surface area contributed by atoms with Crippen LogP contribution in [0.2, 0.25) is 0 Å². The minimum absolute atomic E-state index is 0.0811. The maximum absolute atomic E-state index is 13.8. The number of hydrogen-bond acceptors (Lipinski definition) is 4. The van der Waals surface area contributed by atoms with Crippen LogP contribution in [0.1, 0.15) is 44.9 Å². The summed E-state index contributed by atoms with van der Waals surface area (Å²) in [6.07, 6.45) is 1.75. The van der Waals surface area contributed by atoms with Crippen LogP contribution in [0.3, 0.4) is 0 Å². The smallest absolute Gasteiger partial charge is 0.213 e. The maximum Gasteiger partial charge on any atom is 0.213 e. The fourth-order valence-electron chi connectivity index (χ4n) is 2.22. The molecule has 142 valence electrons. The molecule has 0 bridgehead atoms. The minimum atomic E-state index is -0.396. The second-order valence-electron chi connectivity index (χ2n) is 6.89. The molecule has 0 fully saturated rings. The molecule has 0 spiro atoms. The largest absolute Gasteiger partial charge is 0.494 e. The van der Waals surface area contributed by atoms with E-state index >= 15 is 0 Å². The van der Waals surface area contributed by atoms with Gasteiger partial charge in [0, 0.05) is 12.0 Å². The third-order valence-corrected chi connectivity index (χ3v) is 3.68. The molecule has 0 saturated heterocycles. The highest BCUT2D eigenvalue weighted by atomic mass is 19.1. The van der Waals surface area contributed by atoms with Crippen LogP contribution in [0.15, 0.2) is 33.8 Å². The predicted octanol–water partition coefficient (Wildman–Crippen LogP) is 3.38. The number of guanidine groups is 1. The Morgan fingerprint density at radius 3 is 2.65 bits per heavy atom. The average molecular weight is 362 g/mol. The first kappa shape index (κ1) is 19.8. The van der Waals surface area contributed by atoms with Crippen LogP contribution >= 0.6 is 0 Å². The molecule has 6 nitrogen and oxygen atoms in total. The van der Waals surface area contributed by atoms with Crippen molar-refractivity contribution in [2.45, 2.75) is 46.2 Å². The number of aromatic nitrogens is 1. The number of hydrogen-bond donors (Lipinski definition) is 2. The lowest BCUT2D eigenvalue weighted by Crippen LogP contribution is -2.36. The molecular formula is C19H27FN4O2. The van der Waals surface area contributed by atoms with Gasteiger partial charge in [0.05, 0.1) is 26.4 Å². The second kappa shape index (κ2) is 8.69. The zero-order valence-corrected chi connectivity index (χ0v) is 16.0. The normalized spacial score (nSPS) is 12.2. The molecule has 0 aliphatic carbocycles. The number of halogens is 1. The Kier molecular flexibility index (Phi) is 6.60. The Labute approximate surface area is 153 Å². The Balaban J connectivity index is 2.00. The monoisotopic (exact) mass is 362 g/mol. The summed E-state index contributed by atoms with van der Waals surface area (Å²) in [5.41, 5.74) is 0.675. The Morgan fingerprint density at radius 2 is 2.08 bits per heavy atom. The number of benzene rings is 1. The third kappa shape index (κ3) is 5.47. The van der Waals surface area contributed by atoms with Gasteiger partial charge in [-0.2, -0.15) is 0 Å². The van der Waals surface area contributed by atoms with Crippen LogP contribution in [0.4, 0.5) is 4.39 Å². The molecule has 0 aliphatic rings. The van der Waals surface area contributed by atoms with E-state index in [0.29, 0.717) is 31.5 Å². The van der Waals surface area contributed by atoms with Crippen molar-refractivity contribution in [1.29, 1.82) is 0 Å². The minimum Gasteiger partial charge on any atom is -0.494 e. The van der Waals surface area contributed by atoms with Crippen molar-refractivity contribution in [3.63, 3.8) is 0 Å². The van der Waals surface area contributed by atoms with Crippen LogP contribution in [0.25, 0.3) is 0 Å². The number of nitrogens with one attached hydrogen (secondary N) is 2. The highest BCUT2D eigenvalue weighted by molar-refractivity contribution is 5.79. The zero-order chi connectivity index (χ0) is 19.2. The highest BCUT2D eigenvalue weighted by Crippen LogP contribution is 2.22. The molecule has 1 aromatic heterocycles. The van der Waals surface area contributed by atoms with Gasteiger partial charge in [0.2, 0.25) is 5.89 Å². The van der Waals surface area contributed by atoms with E-state index in [9.17, 15) is 4.39 Å². The molecule has 1 heterocycles. The second-order valence-corrected chi connectivity index (χ2v) is 6.89. The first-order valence-electron chi connectivity index (χ1n) is 8.63. The molecule has 2 aromatic rings. The fraction of sp³-hybridized carbons (Fsp3) is 0.474. The summed E-state index contributed by atoms with van der Waals surface area (Å²) in [6, 6.07) is 4.82. The van der Waals surface area contributed by atoms with Crippen molar-refractivity contribution in [3.05, 3.63) is 47.4 Å². The topological polar surface area (TPSA) is 71.7 Å². The molecule has 0 amide bonds. The molecule has 0 unspecified atom stereocenters. The summed E-state index contributed by atoms with van der Waals surface area (Å²) in [7, 11) is 1.44. The highest BCUT2D eigenvalue weighted by Gasteiger charge is 2.19. The average Bonchev–Trinajstić information content (AvgIpc) is 3.07. The van der Waals surface area contributed by atoms with Gasteiger partial charge in [-0.05, 0) is 24.6 Å². The van der Waals surface area contributed by atoms with Gasteiger partial charge in [0.15, 0.2) is 17.5 Å². The Hall–Kier alpha value is -2.57. The molecule has 1 aromatic carbocycles. The molecule has 0 saturated carbocycles. The van der Waals surface area contributed by atoms with Gasteiger partial charge < -0.3 is 19.8 Å². The lowest BCUT2D eigenvalue weighted by Gasteiger charge is -2.13. The number of aliphatic imine (C=N–C) groups is 1. The lowest BCUT2D eigenvalue weighted by atomic mass is 9.94.